The second-order valence-electron chi connectivity index (χ2n) is 1.95. The molecule has 0 fully saturated rings. The molecule has 8 nitrogen and oxygen atoms in total. The quantitative estimate of drug-likeness (QED) is 0.205. The molecule has 0 aromatic rings. The molecule has 0 aromatic carbocycles. The Balaban J connectivity index is -0.000000120. The molecular formula is C3H10Na4O8P2. The molecule has 0 aliphatic carbocycles. The summed E-state index contributed by atoms with van der Waals surface area (Å²) in [5.41, 5.74) is 0. The van der Waals surface area contributed by atoms with Gasteiger partial charge in [0, 0.05) is 0 Å². The summed E-state index contributed by atoms with van der Waals surface area (Å²) in [5.74, 6) is -2.34. The van der Waals surface area contributed by atoms with E-state index in [1.807, 2.05) is 0 Å². The van der Waals surface area contributed by atoms with Gasteiger partial charge >= 0.3 is 139 Å². The Morgan fingerprint density at radius 2 is 1.18 bits per heavy atom. The first-order valence-corrected chi connectivity index (χ1v) is 5.91. The molecular weight excluding hydrogens is 318 g/mol. The van der Waals surface area contributed by atoms with Crippen molar-refractivity contribution in [3.63, 3.8) is 0 Å². The van der Waals surface area contributed by atoms with Crippen LogP contribution in [-0.2, 0) is 13.9 Å². The van der Waals surface area contributed by atoms with E-state index in [1.54, 1.807) is 0 Å². The van der Waals surface area contributed by atoms with Crippen LogP contribution in [0.4, 0.5) is 0 Å². The third-order valence-corrected chi connectivity index (χ3v) is 2.57. The number of aliphatic carboxylic acids is 1. The van der Waals surface area contributed by atoms with Gasteiger partial charge in [0.2, 0.25) is 0 Å². The van der Waals surface area contributed by atoms with Crippen molar-refractivity contribution in [3.05, 3.63) is 11.1 Å². The van der Waals surface area contributed by atoms with Crippen LogP contribution in [0.15, 0.2) is 11.1 Å². The van der Waals surface area contributed by atoms with E-state index >= 15 is 0 Å². The van der Waals surface area contributed by atoms with Crippen molar-refractivity contribution in [1.29, 1.82) is 0 Å². The molecule has 0 saturated heterocycles. The van der Waals surface area contributed by atoms with Crippen molar-refractivity contribution in [3.8, 4) is 0 Å². The first-order valence-electron chi connectivity index (χ1n) is 2.61. The van der Waals surface area contributed by atoms with Gasteiger partial charge in [-0.15, -0.1) is 0 Å². The fourth-order valence-electron chi connectivity index (χ4n) is 0.414. The van der Waals surface area contributed by atoms with Gasteiger partial charge in [-0.25, -0.2) is 4.79 Å². The van der Waals surface area contributed by atoms with Crippen LogP contribution in [0.25, 0.3) is 0 Å². The Morgan fingerprint density at radius 3 is 1.24 bits per heavy atom. The molecule has 0 amide bonds. The molecule has 0 radical (unpaired) electrons. The molecule has 84 valence electrons. The van der Waals surface area contributed by atoms with Crippen molar-refractivity contribution in [1.82, 2.24) is 0 Å². The standard InChI is InChI=1S/C3H6O8P2.4Na.4H/c4-3(5)2(13(9,10)11)1-12(6,7)8;;;;;;;;/h1H,(H,4,5)(H2,6,7,8)(H2,9,10,11);;;;;;;;. The van der Waals surface area contributed by atoms with Gasteiger partial charge in [-0.3, -0.25) is 9.13 Å². The van der Waals surface area contributed by atoms with E-state index in [0.717, 1.165) is 0 Å². The van der Waals surface area contributed by atoms with Crippen LogP contribution in [0.1, 0.15) is 0 Å². The maximum atomic E-state index is 10.4. The van der Waals surface area contributed by atoms with Gasteiger partial charge < -0.3 is 24.7 Å². The Morgan fingerprint density at radius 1 is 0.882 bits per heavy atom. The Hall–Kier alpha value is 3.51. The fourth-order valence-corrected chi connectivity index (χ4v) is 2.15. The molecule has 0 unspecified atom stereocenters. The number of hydrogen-bond acceptors (Lipinski definition) is 3. The van der Waals surface area contributed by atoms with Gasteiger partial charge in [-0.05, 0) is 0 Å². The number of carbonyl (C=O) groups is 1. The van der Waals surface area contributed by atoms with E-state index < -0.39 is 26.5 Å². The first-order chi connectivity index (χ1) is 5.54. The zero-order chi connectivity index (χ0) is 10.9. The van der Waals surface area contributed by atoms with E-state index in [9.17, 15) is 13.9 Å². The zero-order valence-corrected chi connectivity index (χ0v) is 7.72. The van der Waals surface area contributed by atoms with E-state index in [-0.39, 0.29) is 124 Å². The Bertz CT molecular complexity index is 343. The minimum absolute atomic E-state index is 0. The van der Waals surface area contributed by atoms with E-state index in [1.165, 1.54) is 0 Å². The minimum atomic E-state index is -5.16. The molecule has 14 heteroatoms. The van der Waals surface area contributed by atoms with E-state index in [0.29, 0.717) is 0 Å². The molecule has 0 aromatic heterocycles. The average Bonchev–Trinajstić information content (AvgIpc) is 1.77. The summed E-state index contributed by atoms with van der Waals surface area (Å²) in [6.07, 6.45) is 0. The van der Waals surface area contributed by atoms with Gasteiger partial charge in [0.15, 0.2) is 5.31 Å². The van der Waals surface area contributed by atoms with Crippen LogP contribution >= 0.6 is 15.2 Å². The summed E-state index contributed by atoms with van der Waals surface area (Å²) in [7, 11) is -10.1. The van der Waals surface area contributed by atoms with Gasteiger partial charge in [0.05, 0.1) is 5.82 Å². The Labute approximate surface area is 185 Å². The van der Waals surface area contributed by atoms with Gasteiger partial charge in [-0.1, -0.05) is 0 Å². The Kier molecular flexibility index (Phi) is 25.2. The molecule has 0 atom stereocenters. The molecule has 17 heavy (non-hydrogen) atoms. The normalized spacial score (nSPS) is 10.9. The van der Waals surface area contributed by atoms with E-state index in [4.69, 9.17) is 24.7 Å². The molecule has 0 heterocycles. The predicted molar refractivity (Wildman–Crippen MR) is 68.4 cm³/mol. The summed E-state index contributed by atoms with van der Waals surface area (Å²) in [4.78, 5) is 43.2. The molecule has 5 N–H and O–H groups in total. The van der Waals surface area contributed by atoms with Crippen LogP contribution in [0.5, 0.6) is 0 Å². The van der Waals surface area contributed by atoms with Crippen molar-refractivity contribution < 1.29 is 38.6 Å². The second-order valence-corrected chi connectivity index (χ2v) is 4.96. The van der Waals surface area contributed by atoms with E-state index in [2.05, 4.69) is 0 Å². The third kappa shape index (κ3) is 17.5. The van der Waals surface area contributed by atoms with Crippen LogP contribution in [-0.4, -0.2) is 149 Å². The predicted octanol–water partition coefficient (Wildman–Crippen LogP) is -3.33. The summed E-state index contributed by atoms with van der Waals surface area (Å²) in [5, 5.41) is 6.56. The first kappa shape index (κ1) is 32.5. The molecule has 0 aliphatic heterocycles. The van der Waals surface area contributed by atoms with Crippen LogP contribution < -0.4 is 0 Å². The number of hydrogen-bond donors (Lipinski definition) is 5. The third-order valence-electron chi connectivity index (χ3n) is 0.823. The van der Waals surface area contributed by atoms with Gasteiger partial charge in [0.1, 0.15) is 0 Å². The number of rotatable bonds is 3. The molecule has 0 spiro atoms. The number of carboxylic acids is 1. The average molecular weight is 328 g/mol. The topological polar surface area (TPSA) is 152 Å². The second kappa shape index (κ2) is 13.2. The van der Waals surface area contributed by atoms with Crippen molar-refractivity contribution in [2.75, 3.05) is 0 Å². The summed E-state index contributed by atoms with van der Waals surface area (Å²) in [6.45, 7) is 0. The number of carboxylic acid groups (broad SMARTS) is 1. The SMILES string of the molecule is O=C(O)C(=CP(=O)(O)O)P(=O)(O)O.[NaH].[NaH].[NaH].[NaH]. The molecule has 0 aliphatic rings. The molecule has 0 saturated carbocycles. The van der Waals surface area contributed by atoms with Crippen molar-refractivity contribution >= 4 is 139 Å². The van der Waals surface area contributed by atoms with Crippen LogP contribution in [0.2, 0.25) is 0 Å². The van der Waals surface area contributed by atoms with Gasteiger partial charge in [0.25, 0.3) is 0 Å². The summed E-state index contributed by atoms with van der Waals surface area (Å²) < 4.78 is 20.6. The molecule has 0 bridgehead atoms. The summed E-state index contributed by atoms with van der Waals surface area (Å²) in [6, 6.07) is 0. The van der Waals surface area contributed by atoms with Crippen LogP contribution in [0.3, 0.4) is 0 Å². The van der Waals surface area contributed by atoms with Gasteiger partial charge in [-0.2, -0.15) is 0 Å². The van der Waals surface area contributed by atoms with Crippen molar-refractivity contribution in [2.24, 2.45) is 0 Å². The monoisotopic (exact) mass is 328 g/mol. The molecule has 0 rings (SSSR count). The maximum absolute atomic E-state index is 10.4. The zero-order valence-electron chi connectivity index (χ0n) is 5.93. The van der Waals surface area contributed by atoms with Crippen molar-refractivity contribution in [2.45, 2.75) is 0 Å². The summed E-state index contributed by atoms with van der Waals surface area (Å²) >= 11 is 0. The fraction of sp³-hybridized carbons (Fsp3) is 0. The van der Waals surface area contributed by atoms with Crippen LogP contribution in [0, 0.1) is 0 Å².